The highest BCUT2D eigenvalue weighted by molar-refractivity contribution is 6.57. The van der Waals surface area contributed by atoms with Crippen LogP contribution in [0.1, 0.15) is 130 Å². The van der Waals surface area contributed by atoms with Gasteiger partial charge < -0.3 is 14.6 Å². The Bertz CT molecular complexity index is 368. The van der Waals surface area contributed by atoms with E-state index in [0.717, 1.165) is 13.0 Å². The summed E-state index contributed by atoms with van der Waals surface area (Å²) in [6.45, 7) is 14.0. The van der Waals surface area contributed by atoms with Crippen molar-refractivity contribution in [2.24, 2.45) is 0 Å². The van der Waals surface area contributed by atoms with Crippen molar-refractivity contribution in [3.63, 3.8) is 0 Å². The van der Waals surface area contributed by atoms with Crippen molar-refractivity contribution < 1.29 is 14.6 Å². The molecule has 0 saturated carbocycles. The van der Waals surface area contributed by atoms with E-state index in [-0.39, 0.29) is 11.3 Å². The van der Waals surface area contributed by atoms with Crippen LogP contribution in [0.5, 0.6) is 0 Å². The highest BCUT2D eigenvalue weighted by Crippen LogP contribution is 2.15. The quantitative estimate of drug-likeness (QED) is 0.133. The first kappa shape index (κ1) is 31.1. The minimum absolute atomic E-state index is 0.00121. The Hall–Kier alpha value is 0.0969. The predicted molar refractivity (Wildman–Crippen MR) is 140 cm³/mol. The molecule has 0 spiro atoms. The smallest absolute Gasteiger partial charge is 0.100 e. The summed E-state index contributed by atoms with van der Waals surface area (Å²) in [5.74, 6) is 0. The van der Waals surface area contributed by atoms with Gasteiger partial charge in [0.25, 0.3) is 0 Å². The molecule has 0 aliphatic carbocycles. The van der Waals surface area contributed by atoms with Gasteiger partial charge >= 0.3 is 0 Å². The fourth-order valence-corrected chi connectivity index (χ4v) is 5.57. The van der Waals surface area contributed by atoms with E-state index in [1.165, 1.54) is 96.3 Å². The van der Waals surface area contributed by atoms with Gasteiger partial charge in [-0.1, -0.05) is 116 Å². The third-order valence-electron chi connectivity index (χ3n) is 6.03. The van der Waals surface area contributed by atoms with E-state index in [1.807, 2.05) is 20.8 Å². The van der Waals surface area contributed by atoms with Gasteiger partial charge in [0.05, 0.1) is 26.7 Å². The number of hydrogen-bond donors (Lipinski definition) is 1. The molecule has 2 unspecified atom stereocenters. The fourth-order valence-electron chi connectivity index (χ4n) is 4.05. The van der Waals surface area contributed by atoms with E-state index < -0.39 is 14.9 Å². The van der Waals surface area contributed by atoms with Crippen LogP contribution in [-0.2, 0) is 9.47 Å². The lowest BCUT2D eigenvalue weighted by atomic mass is 10.0. The highest BCUT2D eigenvalue weighted by Gasteiger charge is 2.26. The molecule has 4 heteroatoms. The van der Waals surface area contributed by atoms with Crippen LogP contribution in [0.25, 0.3) is 0 Å². The van der Waals surface area contributed by atoms with Crippen molar-refractivity contribution in [2.45, 2.75) is 161 Å². The van der Waals surface area contributed by atoms with Gasteiger partial charge in [-0.05, 0) is 27.2 Å². The topological polar surface area (TPSA) is 38.7 Å². The molecule has 0 amide bonds. The minimum atomic E-state index is -1.08. The normalized spacial score (nSPS) is 14.3. The zero-order chi connectivity index (χ0) is 23.4. The molecular formula is C27H58O3Si. The van der Waals surface area contributed by atoms with E-state index in [4.69, 9.17) is 9.47 Å². The van der Waals surface area contributed by atoms with Crippen LogP contribution < -0.4 is 0 Å². The molecule has 0 aromatic carbocycles. The molecule has 0 fully saturated rings. The Morgan fingerprint density at radius 2 is 1.06 bits per heavy atom. The van der Waals surface area contributed by atoms with E-state index in [0.29, 0.717) is 6.61 Å². The van der Waals surface area contributed by atoms with Crippen LogP contribution in [0, 0.1) is 0 Å². The number of rotatable bonds is 22. The third-order valence-corrected chi connectivity index (χ3v) is 7.98. The Labute approximate surface area is 197 Å². The molecule has 3 nitrogen and oxygen atoms in total. The predicted octanol–water partition coefficient (Wildman–Crippen LogP) is 7.84. The highest BCUT2D eigenvalue weighted by atomic mass is 28.3. The van der Waals surface area contributed by atoms with Crippen molar-refractivity contribution >= 4 is 8.80 Å². The Morgan fingerprint density at radius 1 is 0.677 bits per heavy atom. The molecule has 0 rings (SSSR count). The average molecular weight is 459 g/mol. The number of ether oxygens (including phenoxy) is 2. The lowest BCUT2D eigenvalue weighted by Gasteiger charge is -2.29. The molecule has 0 bridgehead atoms. The van der Waals surface area contributed by atoms with Gasteiger partial charge in [-0.25, -0.2) is 0 Å². The first-order valence-electron chi connectivity index (χ1n) is 13.7. The second-order valence-corrected chi connectivity index (χ2v) is 14.0. The lowest BCUT2D eigenvalue weighted by Crippen LogP contribution is -2.43. The zero-order valence-electron chi connectivity index (χ0n) is 22.2. The second-order valence-electron chi connectivity index (χ2n) is 10.9. The summed E-state index contributed by atoms with van der Waals surface area (Å²) in [4.78, 5) is 0. The molecule has 31 heavy (non-hydrogen) atoms. The number of aliphatic hydroxyl groups is 1. The summed E-state index contributed by atoms with van der Waals surface area (Å²) >= 11 is 0. The molecule has 1 N–H and O–H groups in total. The average Bonchev–Trinajstić information content (AvgIpc) is 2.70. The summed E-state index contributed by atoms with van der Waals surface area (Å²) < 4.78 is 11.8. The molecule has 0 aliphatic heterocycles. The van der Waals surface area contributed by atoms with Crippen molar-refractivity contribution in [1.82, 2.24) is 0 Å². The molecule has 0 radical (unpaired) electrons. The monoisotopic (exact) mass is 458 g/mol. The third kappa shape index (κ3) is 21.7. The van der Waals surface area contributed by atoms with E-state index in [1.54, 1.807) is 0 Å². The second kappa shape index (κ2) is 20.7. The summed E-state index contributed by atoms with van der Waals surface area (Å²) in [5.41, 5.74) is -0.212. The van der Waals surface area contributed by atoms with E-state index in [2.05, 4.69) is 20.0 Å². The summed E-state index contributed by atoms with van der Waals surface area (Å²) in [7, 11) is -1.08. The fraction of sp³-hybridized carbons (Fsp3) is 1.00. The molecule has 188 valence electrons. The lowest BCUT2D eigenvalue weighted by molar-refractivity contribution is -0.0837. The van der Waals surface area contributed by atoms with Gasteiger partial charge in [0, 0.05) is 6.61 Å². The van der Waals surface area contributed by atoms with Gasteiger partial charge in [0.2, 0.25) is 0 Å². The number of hydrogen-bond acceptors (Lipinski definition) is 3. The van der Waals surface area contributed by atoms with Crippen LogP contribution >= 0.6 is 0 Å². The van der Waals surface area contributed by atoms with E-state index >= 15 is 0 Å². The number of aliphatic hydroxyl groups excluding tert-OH is 1. The maximum absolute atomic E-state index is 10.5. The maximum Gasteiger partial charge on any atom is 0.100 e. The maximum atomic E-state index is 10.5. The van der Waals surface area contributed by atoms with Gasteiger partial charge in [0.1, 0.15) is 6.10 Å². The molecular weight excluding hydrogens is 400 g/mol. The van der Waals surface area contributed by atoms with E-state index in [9.17, 15) is 5.11 Å². The first-order chi connectivity index (χ1) is 14.8. The molecule has 0 aromatic rings. The Balaban J connectivity index is 3.49. The van der Waals surface area contributed by atoms with Crippen molar-refractivity contribution in [2.75, 3.05) is 13.2 Å². The zero-order valence-corrected chi connectivity index (χ0v) is 23.4. The first-order valence-corrected chi connectivity index (χ1v) is 16.7. The minimum Gasteiger partial charge on any atom is -0.388 e. The van der Waals surface area contributed by atoms with Crippen LogP contribution in [0.3, 0.4) is 0 Å². The van der Waals surface area contributed by atoms with Gasteiger partial charge in [0.15, 0.2) is 0 Å². The molecule has 0 aromatic heterocycles. The summed E-state index contributed by atoms with van der Waals surface area (Å²) in [6.07, 6.45) is 21.7. The van der Waals surface area contributed by atoms with Gasteiger partial charge in [-0.15, -0.1) is 0 Å². The number of unbranched alkanes of at least 4 members (excludes halogenated alkanes) is 15. The summed E-state index contributed by atoms with van der Waals surface area (Å²) in [6, 6.07) is 0. The van der Waals surface area contributed by atoms with Crippen LogP contribution in [0.2, 0.25) is 13.1 Å². The van der Waals surface area contributed by atoms with Crippen molar-refractivity contribution in [3.05, 3.63) is 0 Å². The standard InChI is InChI=1S/C27H58O3Si/c1-7-8-9-10-11-12-13-14-15-16-17-18-19-20-21-22-23-29-26(31(5)6)25(28)24-30-27(2,3)4/h25-26,28,31H,7-24H2,1-6H3. The largest absolute Gasteiger partial charge is 0.388 e. The van der Waals surface area contributed by atoms with Crippen molar-refractivity contribution in [1.29, 1.82) is 0 Å². The van der Waals surface area contributed by atoms with Crippen LogP contribution in [-0.4, -0.2) is 44.5 Å². The Morgan fingerprint density at radius 3 is 1.42 bits per heavy atom. The Kier molecular flexibility index (Phi) is 20.8. The molecule has 2 atom stereocenters. The van der Waals surface area contributed by atoms with Gasteiger partial charge in [-0.2, -0.15) is 0 Å². The molecule has 0 aliphatic rings. The SMILES string of the molecule is CCCCCCCCCCCCCCCCCCOC(C(O)COC(C)(C)C)[SiH](C)C. The molecule has 0 heterocycles. The summed E-state index contributed by atoms with van der Waals surface area (Å²) in [5, 5.41) is 10.5. The van der Waals surface area contributed by atoms with Crippen LogP contribution in [0.15, 0.2) is 0 Å². The van der Waals surface area contributed by atoms with Crippen LogP contribution in [0.4, 0.5) is 0 Å². The van der Waals surface area contributed by atoms with Gasteiger partial charge in [-0.3, -0.25) is 0 Å². The van der Waals surface area contributed by atoms with Crippen molar-refractivity contribution in [3.8, 4) is 0 Å². The molecule has 0 saturated heterocycles.